The van der Waals surface area contributed by atoms with Gasteiger partial charge in [0.2, 0.25) is 0 Å². The van der Waals surface area contributed by atoms with Gasteiger partial charge in [0.15, 0.2) is 5.82 Å². The van der Waals surface area contributed by atoms with Gasteiger partial charge in [-0.05, 0) is 29.8 Å². The van der Waals surface area contributed by atoms with E-state index in [1.165, 1.54) is 11.1 Å². The Hall–Kier alpha value is -2.03. The van der Waals surface area contributed by atoms with E-state index < -0.39 is 0 Å². The van der Waals surface area contributed by atoms with Crippen LogP contribution < -0.4 is 4.74 Å². The molecule has 3 rings (SSSR count). The van der Waals surface area contributed by atoms with Crippen LogP contribution in [0.5, 0.6) is 5.75 Å². The largest absolute Gasteiger partial charge is 0.496 e. The van der Waals surface area contributed by atoms with Gasteiger partial charge in [0.25, 0.3) is 0 Å². The summed E-state index contributed by atoms with van der Waals surface area (Å²) in [5.41, 5.74) is 3.60. The number of hydrogen-bond acceptors (Lipinski definition) is 7. The molecule has 0 saturated carbocycles. The number of ether oxygens (including phenoxy) is 3. The summed E-state index contributed by atoms with van der Waals surface area (Å²) in [6, 6.07) is 4.34. The van der Waals surface area contributed by atoms with Crippen LogP contribution in [0.2, 0.25) is 0 Å². The van der Waals surface area contributed by atoms with Gasteiger partial charge < -0.3 is 14.2 Å². The molecule has 0 N–H and O–H groups in total. The Morgan fingerprint density at radius 1 is 1.27 bits per heavy atom. The second-order valence-electron chi connectivity index (χ2n) is 6.62. The van der Waals surface area contributed by atoms with E-state index in [1.807, 2.05) is 0 Å². The van der Waals surface area contributed by atoms with Gasteiger partial charge in [-0.1, -0.05) is 17.7 Å². The Morgan fingerprint density at radius 3 is 2.88 bits per heavy atom. The van der Waals surface area contributed by atoms with Crippen molar-refractivity contribution in [3.05, 3.63) is 34.6 Å². The number of tetrazole rings is 1. The van der Waals surface area contributed by atoms with Crippen molar-refractivity contribution < 1.29 is 14.2 Å². The third kappa shape index (κ3) is 4.20. The average Bonchev–Trinajstić information content (AvgIpc) is 3.08. The van der Waals surface area contributed by atoms with Crippen LogP contribution in [-0.4, -0.2) is 65.6 Å². The molecule has 26 heavy (non-hydrogen) atoms. The molecule has 1 atom stereocenters. The molecule has 1 aliphatic rings. The lowest BCUT2D eigenvalue weighted by atomic mass is 10.0. The molecule has 0 radical (unpaired) electrons. The van der Waals surface area contributed by atoms with Crippen LogP contribution in [0.3, 0.4) is 0 Å². The van der Waals surface area contributed by atoms with Crippen LogP contribution in [-0.2, 0) is 22.6 Å². The fourth-order valence-electron chi connectivity index (χ4n) is 3.47. The van der Waals surface area contributed by atoms with Gasteiger partial charge in [-0.25, -0.2) is 4.68 Å². The lowest BCUT2D eigenvalue weighted by Gasteiger charge is -2.32. The predicted octanol–water partition coefficient (Wildman–Crippen LogP) is 1.52. The molecule has 0 spiro atoms. The zero-order chi connectivity index (χ0) is 18.5. The first kappa shape index (κ1) is 18.8. The van der Waals surface area contributed by atoms with Gasteiger partial charge >= 0.3 is 0 Å². The molecule has 1 fully saturated rings. The maximum atomic E-state index is 5.94. The summed E-state index contributed by atoms with van der Waals surface area (Å²) in [6.45, 7) is 8.44. The van der Waals surface area contributed by atoms with E-state index in [9.17, 15) is 0 Å². The zero-order valence-corrected chi connectivity index (χ0v) is 15.9. The Kier molecular flexibility index (Phi) is 6.18. The summed E-state index contributed by atoms with van der Waals surface area (Å²) in [5, 5.41) is 12.0. The average molecular weight is 361 g/mol. The summed E-state index contributed by atoms with van der Waals surface area (Å²) < 4.78 is 18.4. The number of aromatic nitrogens is 4. The number of aryl methyl sites for hydroxylation is 2. The van der Waals surface area contributed by atoms with Crippen LogP contribution in [0, 0.1) is 13.8 Å². The van der Waals surface area contributed by atoms with Gasteiger partial charge in [-0.15, -0.1) is 5.10 Å². The van der Waals surface area contributed by atoms with Gasteiger partial charge in [0, 0.05) is 32.3 Å². The Bertz CT molecular complexity index is 734. The summed E-state index contributed by atoms with van der Waals surface area (Å²) in [7, 11) is 3.40. The van der Waals surface area contributed by atoms with E-state index in [2.05, 4.69) is 46.4 Å². The highest BCUT2D eigenvalue weighted by Gasteiger charge is 2.27. The van der Waals surface area contributed by atoms with Crippen molar-refractivity contribution in [1.29, 1.82) is 0 Å². The molecule has 142 valence electrons. The third-order valence-corrected chi connectivity index (χ3v) is 4.60. The van der Waals surface area contributed by atoms with Crippen LogP contribution in [0.4, 0.5) is 0 Å². The second kappa shape index (κ2) is 8.57. The minimum absolute atomic E-state index is 0.146. The number of hydrogen-bond donors (Lipinski definition) is 0. The van der Waals surface area contributed by atoms with E-state index in [0.717, 1.165) is 36.8 Å². The number of benzene rings is 1. The first-order valence-corrected chi connectivity index (χ1v) is 8.85. The molecule has 1 aliphatic heterocycles. The number of nitrogens with zero attached hydrogens (tertiary/aromatic N) is 5. The van der Waals surface area contributed by atoms with Crippen molar-refractivity contribution in [3.8, 4) is 5.75 Å². The lowest BCUT2D eigenvalue weighted by Crippen LogP contribution is -2.39. The van der Waals surface area contributed by atoms with Crippen molar-refractivity contribution in [2.45, 2.75) is 33.0 Å². The maximum absolute atomic E-state index is 5.94. The predicted molar refractivity (Wildman–Crippen MR) is 96.1 cm³/mol. The minimum atomic E-state index is -0.146. The molecule has 0 unspecified atom stereocenters. The second-order valence-corrected chi connectivity index (χ2v) is 6.62. The molecule has 1 aromatic heterocycles. The lowest BCUT2D eigenvalue weighted by molar-refractivity contribution is -0.0398. The molecule has 1 aromatic carbocycles. The van der Waals surface area contributed by atoms with E-state index in [4.69, 9.17) is 14.2 Å². The first-order valence-electron chi connectivity index (χ1n) is 8.85. The van der Waals surface area contributed by atoms with E-state index in [1.54, 1.807) is 18.9 Å². The number of methoxy groups -OCH3 is 2. The van der Waals surface area contributed by atoms with Crippen molar-refractivity contribution in [2.75, 3.05) is 40.5 Å². The summed E-state index contributed by atoms with van der Waals surface area (Å²) in [4.78, 5) is 2.36. The normalized spacial score (nSPS) is 18.2. The highest BCUT2D eigenvalue weighted by molar-refractivity contribution is 5.43. The topological polar surface area (TPSA) is 74.5 Å². The van der Waals surface area contributed by atoms with Crippen LogP contribution in [0.1, 0.15) is 28.6 Å². The summed E-state index contributed by atoms with van der Waals surface area (Å²) >= 11 is 0. The van der Waals surface area contributed by atoms with Gasteiger partial charge in [-0.3, -0.25) is 4.90 Å². The third-order valence-electron chi connectivity index (χ3n) is 4.60. The molecule has 2 heterocycles. The highest BCUT2D eigenvalue weighted by atomic mass is 16.5. The quantitative estimate of drug-likeness (QED) is 0.740. The van der Waals surface area contributed by atoms with E-state index in [-0.39, 0.29) is 6.10 Å². The highest BCUT2D eigenvalue weighted by Crippen LogP contribution is 2.28. The Balaban J connectivity index is 1.73. The zero-order valence-electron chi connectivity index (χ0n) is 15.9. The number of rotatable bonds is 7. The summed E-state index contributed by atoms with van der Waals surface area (Å²) in [6.07, 6.45) is -0.146. The molecule has 0 amide bonds. The number of morpholine rings is 1. The summed E-state index contributed by atoms with van der Waals surface area (Å²) in [5.74, 6) is 1.71. The smallest absolute Gasteiger partial charge is 0.181 e. The van der Waals surface area contributed by atoms with Crippen molar-refractivity contribution >= 4 is 0 Å². The van der Waals surface area contributed by atoms with Gasteiger partial charge in [-0.2, -0.15) is 0 Å². The Labute approximate surface area is 154 Å². The monoisotopic (exact) mass is 361 g/mol. The SMILES string of the molecule is COCCn1nnnc1[C@@H]1CN(Cc2cc(C)cc(C)c2OC)CCO1. The minimum Gasteiger partial charge on any atom is -0.496 e. The first-order chi connectivity index (χ1) is 12.6. The van der Waals surface area contributed by atoms with Crippen LogP contribution in [0.15, 0.2) is 12.1 Å². The van der Waals surface area contributed by atoms with Crippen LogP contribution in [0.25, 0.3) is 0 Å². The van der Waals surface area contributed by atoms with E-state index >= 15 is 0 Å². The molecular weight excluding hydrogens is 334 g/mol. The van der Waals surface area contributed by atoms with Crippen LogP contribution >= 0.6 is 0 Å². The van der Waals surface area contributed by atoms with Gasteiger partial charge in [0.05, 0.1) is 26.9 Å². The fraction of sp³-hybridized carbons (Fsp3) is 0.611. The van der Waals surface area contributed by atoms with Crippen molar-refractivity contribution in [3.63, 3.8) is 0 Å². The molecule has 8 nitrogen and oxygen atoms in total. The molecule has 8 heteroatoms. The molecule has 2 aromatic rings. The standard InChI is InChI=1S/C18H27N5O3/c1-13-9-14(2)17(25-4)15(10-13)11-22-5-8-26-16(12-22)18-19-20-21-23(18)6-7-24-3/h9-10,16H,5-8,11-12H2,1-4H3/t16-/m0/s1. The fourth-order valence-corrected chi connectivity index (χ4v) is 3.47. The van der Waals surface area contributed by atoms with Gasteiger partial charge in [0.1, 0.15) is 11.9 Å². The van der Waals surface area contributed by atoms with Crippen molar-refractivity contribution in [1.82, 2.24) is 25.1 Å². The molecule has 0 bridgehead atoms. The van der Waals surface area contributed by atoms with Crippen molar-refractivity contribution in [2.24, 2.45) is 0 Å². The molecular formula is C18H27N5O3. The maximum Gasteiger partial charge on any atom is 0.181 e. The molecule has 0 aliphatic carbocycles. The molecule has 1 saturated heterocycles. The van der Waals surface area contributed by atoms with E-state index in [0.29, 0.717) is 19.8 Å². The Morgan fingerprint density at radius 2 is 2.12 bits per heavy atom.